The lowest BCUT2D eigenvalue weighted by Crippen LogP contribution is -2.43. The van der Waals surface area contributed by atoms with E-state index in [9.17, 15) is 4.79 Å². The van der Waals surface area contributed by atoms with Crippen molar-refractivity contribution >= 4 is 45.0 Å². The Morgan fingerprint density at radius 1 is 1.15 bits per heavy atom. The van der Waals surface area contributed by atoms with Gasteiger partial charge in [0, 0.05) is 37.8 Å². The van der Waals surface area contributed by atoms with E-state index < -0.39 is 0 Å². The molecule has 1 aromatic heterocycles. The Hall–Kier alpha value is -2.39. The summed E-state index contributed by atoms with van der Waals surface area (Å²) in [6.07, 6.45) is 0.0845. The Bertz CT molecular complexity index is 1050. The molecule has 4 rings (SSSR count). The number of hydrogen-bond acceptors (Lipinski definition) is 7. The fraction of sp³-hybridized carbons (Fsp3) is 0.417. The molecular weight excluding hydrogens is 462 g/mol. The van der Waals surface area contributed by atoms with E-state index in [1.807, 2.05) is 56.3 Å². The predicted molar refractivity (Wildman–Crippen MR) is 135 cm³/mol. The molecule has 0 spiro atoms. The molecule has 1 amide bonds. The van der Waals surface area contributed by atoms with Crippen molar-refractivity contribution in [2.45, 2.75) is 20.0 Å². The lowest BCUT2D eigenvalue weighted by atomic mass is 10.2. The number of ether oxygens (including phenoxy) is 3. The molecule has 1 saturated heterocycles. The van der Waals surface area contributed by atoms with Crippen LogP contribution < -0.4 is 14.4 Å². The zero-order valence-electron chi connectivity index (χ0n) is 19.2. The summed E-state index contributed by atoms with van der Waals surface area (Å²) in [4.78, 5) is 22.4. The van der Waals surface area contributed by atoms with Crippen LogP contribution in [0.3, 0.4) is 0 Å². The molecule has 178 valence electrons. The minimum atomic E-state index is -0.0691. The molecule has 33 heavy (non-hydrogen) atoms. The highest BCUT2D eigenvalue weighted by Crippen LogP contribution is 2.32. The minimum absolute atomic E-state index is 0. The molecular formula is C24H30ClN3O4S. The summed E-state index contributed by atoms with van der Waals surface area (Å²) in [6, 6.07) is 13.1. The molecule has 0 saturated carbocycles. The van der Waals surface area contributed by atoms with Crippen LogP contribution in [0.5, 0.6) is 11.5 Å². The minimum Gasteiger partial charge on any atom is -0.497 e. The molecule has 9 heteroatoms. The van der Waals surface area contributed by atoms with Gasteiger partial charge in [-0.1, -0.05) is 11.3 Å². The fourth-order valence-corrected chi connectivity index (χ4v) is 4.56. The van der Waals surface area contributed by atoms with Gasteiger partial charge in [-0.3, -0.25) is 14.6 Å². The van der Waals surface area contributed by atoms with E-state index in [4.69, 9.17) is 19.2 Å². The summed E-state index contributed by atoms with van der Waals surface area (Å²) in [5.74, 6) is 1.44. The highest BCUT2D eigenvalue weighted by molar-refractivity contribution is 7.22. The zero-order valence-corrected chi connectivity index (χ0v) is 20.8. The SMILES string of the molecule is COc1ccc2sc(N(CCN3CCOCC3)C(=O)c3ccc(OC(C)C)cc3)nc2c1.Cl. The van der Waals surface area contributed by atoms with Crippen LogP contribution in [-0.4, -0.2) is 68.4 Å². The van der Waals surface area contributed by atoms with Gasteiger partial charge in [-0.2, -0.15) is 0 Å². The number of methoxy groups -OCH3 is 1. The molecule has 2 aromatic carbocycles. The first-order valence-electron chi connectivity index (χ1n) is 10.9. The number of nitrogens with zero attached hydrogens (tertiary/aromatic N) is 3. The molecule has 0 aliphatic carbocycles. The molecule has 7 nitrogen and oxygen atoms in total. The van der Waals surface area contributed by atoms with Crippen molar-refractivity contribution in [2.75, 3.05) is 51.4 Å². The molecule has 2 heterocycles. The monoisotopic (exact) mass is 491 g/mol. The van der Waals surface area contributed by atoms with Crippen molar-refractivity contribution in [3.63, 3.8) is 0 Å². The van der Waals surface area contributed by atoms with Gasteiger partial charge >= 0.3 is 0 Å². The number of benzene rings is 2. The highest BCUT2D eigenvalue weighted by Gasteiger charge is 2.23. The topological polar surface area (TPSA) is 64.1 Å². The number of thiazole rings is 1. The zero-order chi connectivity index (χ0) is 22.5. The van der Waals surface area contributed by atoms with Crippen molar-refractivity contribution < 1.29 is 19.0 Å². The van der Waals surface area contributed by atoms with Gasteiger partial charge in [0.15, 0.2) is 5.13 Å². The number of rotatable bonds is 8. The molecule has 0 atom stereocenters. The fourth-order valence-electron chi connectivity index (χ4n) is 3.59. The standard InChI is InChI=1S/C24H29N3O4S.ClH/c1-17(2)31-19-6-4-18(5-7-19)23(28)27(11-10-26-12-14-30-15-13-26)24-25-21-16-20(29-3)8-9-22(21)32-24;/h4-9,16-17H,10-15H2,1-3H3;1H. The second-order valence-corrected chi connectivity index (χ2v) is 8.94. The Labute approximate surface area is 204 Å². The van der Waals surface area contributed by atoms with Crippen molar-refractivity contribution in [3.8, 4) is 11.5 Å². The summed E-state index contributed by atoms with van der Waals surface area (Å²) in [5.41, 5.74) is 1.44. The molecule has 1 aliphatic heterocycles. The van der Waals surface area contributed by atoms with Crippen LogP contribution in [0.25, 0.3) is 10.2 Å². The van der Waals surface area contributed by atoms with Gasteiger partial charge in [-0.05, 0) is 50.2 Å². The van der Waals surface area contributed by atoms with E-state index in [0.29, 0.717) is 17.2 Å². The Morgan fingerprint density at radius 3 is 2.52 bits per heavy atom. The number of fused-ring (bicyclic) bond motifs is 1. The third-order valence-corrected chi connectivity index (χ3v) is 6.34. The summed E-state index contributed by atoms with van der Waals surface area (Å²) in [7, 11) is 1.64. The third kappa shape index (κ3) is 6.35. The van der Waals surface area contributed by atoms with Crippen molar-refractivity contribution in [2.24, 2.45) is 0 Å². The second-order valence-electron chi connectivity index (χ2n) is 7.93. The van der Waals surface area contributed by atoms with E-state index in [1.54, 1.807) is 12.0 Å². The first-order chi connectivity index (χ1) is 15.5. The smallest absolute Gasteiger partial charge is 0.260 e. The van der Waals surface area contributed by atoms with E-state index in [1.165, 1.54) is 11.3 Å². The summed E-state index contributed by atoms with van der Waals surface area (Å²) in [5, 5.41) is 0.689. The van der Waals surface area contributed by atoms with Crippen LogP contribution >= 0.6 is 23.7 Å². The lowest BCUT2D eigenvalue weighted by Gasteiger charge is -2.29. The van der Waals surface area contributed by atoms with Gasteiger partial charge in [-0.15, -0.1) is 12.4 Å². The molecule has 3 aromatic rings. The molecule has 1 aliphatic rings. The van der Waals surface area contributed by atoms with Gasteiger partial charge in [0.1, 0.15) is 11.5 Å². The number of hydrogen-bond donors (Lipinski definition) is 0. The second kappa shape index (κ2) is 11.7. The van der Waals surface area contributed by atoms with Gasteiger partial charge < -0.3 is 14.2 Å². The Morgan fingerprint density at radius 2 is 1.85 bits per heavy atom. The number of aromatic nitrogens is 1. The van der Waals surface area contributed by atoms with Crippen molar-refractivity contribution in [1.82, 2.24) is 9.88 Å². The van der Waals surface area contributed by atoms with E-state index in [2.05, 4.69) is 4.90 Å². The van der Waals surface area contributed by atoms with Crippen molar-refractivity contribution in [1.29, 1.82) is 0 Å². The van der Waals surface area contributed by atoms with E-state index in [-0.39, 0.29) is 24.4 Å². The molecule has 0 N–H and O–H groups in total. The van der Waals surface area contributed by atoms with E-state index in [0.717, 1.165) is 54.6 Å². The third-order valence-electron chi connectivity index (χ3n) is 5.28. The highest BCUT2D eigenvalue weighted by atomic mass is 35.5. The predicted octanol–water partition coefficient (Wildman–Crippen LogP) is 4.49. The van der Waals surface area contributed by atoms with Gasteiger partial charge in [0.05, 0.1) is 36.6 Å². The summed E-state index contributed by atoms with van der Waals surface area (Å²) >= 11 is 1.52. The molecule has 0 bridgehead atoms. The van der Waals surface area contributed by atoms with Gasteiger partial charge in [-0.25, -0.2) is 4.98 Å². The maximum Gasteiger partial charge on any atom is 0.260 e. The number of amides is 1. The maximum atomic E-state index is 13.5. The number of morpholine rings is 1. The normalized spacial score (nSPS) is 14.2. The quantitative estimate of drug-likeness (QED) is 0.462. The average Bonchev–Trinajstić information content (AvgIpc) is 3.22. The van der Waals surface area contributed by atoms with Gasteiger partial charge in [0.25, 0.3) is 5.91 Å². The molecule has 0 radical (unpaired) electrons. The van der Waals surface area contributed by atoms with Crippen LogP contribution in [-0.2, 0) is 4.74 Å². The first kappa shape index (κ1) is 25.2. The average molecular weight is 492 g/mol. The van der Waals surface area contributed by atoms with E-state index >= 15 is 0 Å². The maximum absolute atomic E-state index is 13.5. The van der Waals surface area contributed by atoms with Crippen molar-refractivity contribution in [3.05, 3.63) is 48.0 Å². The Kier molecular flexibility index (Phi) is 8.91. The summed E-state index contributed by atoms with van der Waals surface area (Å²) < 4.78 is 17.5. The largest absolute Gasteiger partial charge is 0.497 e. The summed E-state index contributed by atoms with van der Waals surface area (Å²) in [6.45, 7) is 8.49. The van der Waals surface area contributed by atoms with Crippen LogP contribution in [0.4, 0.5) is 5.13 Å². The van der Waals surface area contributed by atoms with Crippen LogP contribution in [0, 0.1) is 0 Å². The number of carbonyl (C=O) groups excluding carboxylic acids is 1. The lowest BCUT2D eigenvalue weighted by molar-refractivity contribution is 0.0391. The number of anilines is 1. The first-order valence-corrected chi connectivity index (χ1v) is 11.7. The van der Waals surface area contributed by atoms with Gasteiger partial charge in [0.2, 0.25) is 0 Å². The molecule has 1 fully saturated rings. The Balaban J connectivity index is 0.00000306. The van der Waals surface area contributed by atoms with Crippen LogP contribution in [0.2, 0.25) is 0 Å². The van der Waals surface area contributed by atoms with Crippen LogP contribution in [0.15, 0.2) is 42.5 Å². The number of carbonyl (C=O) groups is 1. The molecule has 0 unspecified atom stereocenters. The van der Waals surface area contributed by atoms with Crippen LogP contribution in [0.1, 0.15) is 24.2 Å². The number of halogens is 1.